The zero-order valence-electron chi connectivity index (χ0n) is 12.4. The van der Waals surface area contributed by atoms with Crippen LogP contribution in [0.15, 0.2) is 0 Å². The molecule has 1 heterocycles. The van der Waals surface area contributed by atoms with Gasteiger partial charge in [0.15, 0.2) is 0 Å². The van der Waals surface area contributed by atoms with Gasteiger partial charge in [0, 0.05) is 31.7 Å². The van der Waals surface area contributed by atoms with Crippen LogP contribution in [0.25, 0.3) is 0 Å². The Morgan fingerprint density at radius 3 is 2.20 bits per heavy atom. The predicted octanol–water partition coefficient (Wildman–Crippen LogP) is 0.542. The van der Waals surface area contributed by atoms with Gasteiger partial charge in [0.1, 0.15) is 6.54 Å². The van der Waals surface area contributed by atoms with Gasteiger partial charge in [-0.25, -0.2) is 4.79 Å². The van der Waals surface area contributed by atoms with E-state index in [1.165, 1.54) is 4.90 Å². The number of hydrogen-bond acceptors (Lipinski definition) is 3. The van der Waals surface area contributed by atoms with Crippen molar-refractivity contribution in [3.8, 4) is 12.3 Å². The van der Waals surface area contributed by atoms with Crippen LogP contribution in [-0.2, 0) is 4.79 Å². The Morgan fingerprint density at radius 2 is 1.80 bits per heavy atom. The molecule has 0 radical (unpaired) electrons. The number of nitrogens with zero attached hydrogens (tertiary/aromatic N) is 3. The molecule has 2 amide bonds. The van der Waals surface area contributed by atoms with E-state index in [0.29, 0.717) is 13.1 Å². The van der Waals surface area contributed by atoms with Gasteiger partial charge in [-0.2, -0.15) is 0 Å². The van der Waals surface area contributed by atoms with Crippen molar-refractivity contribution in [1.29, 1.82) is 0 Å². The molecular weight excluding hydrogens is 258 g/mol. The standard InChI is InChI=1S/C14H23N3O3/c1-5-6-16(11-12(18)19)13(20)15-7-9-17(10-8-15)14(2,3)4/h1H,6-11H2,2-4H3,(H,18,19). The summed E-state index contributed by atoms with van der Waals surface area (Å²) >= 11 is 0. The van der Waals surface area contributed by atoms with Gasteiger partial charge in [-0.3, -0.25) is 9.69 Å². The number of rotatable bonds is 3. The first kappa shape index (κ1) is 16.3. The van der Waals surface area contributed by atoms with Crippen molar-refractivity contribution < 1.29 is 14.7 Å². The Bertz CT molecular complexity index is 401. The lowest BCUT2D eigenvalue weighted by Crippen LogP contribution is -2.57. The van der Waals surface area contributed by atoms with E-state index in [-0.39, 0.29) is 24.7 Å². The van der Waals surface area contributed by atoms with Crippen molar-refractivity contribution in [2.45, 2.75) is 26.3 Å². The van der Waals surface area contributed by atoms with E-state index in [0.717, 1.165) is 13.1 Å². The van der Waals surface area contributed by atoms with Crippen LogP contribution in [0.1, 0.15) is 20.8 Å². The van der Waals surface area contributed by atoms with Crippen molar-refractivity contribution >= 4 is 12.0 Å². The number of piperazine rings is 1. The molecule has 1 fully saturated rings. The minimum Gasteiger partial charge on any atom is -0.480 e. The number of carbonyl (C=O) groups excluding carboxylic acids is 1. The summed E-state index contributed by atoms with van der Waals surface area (Å²) in [5, 5.41) is 8.82. The second-order valence-corrected chi connectivity index (χ2v) is 5.88. The maximum atomic E-state index is 12.3. The molecule has 1 aliphatic rings. The van der Waals surface area contributed by atoms with Crippen LogP contribution in [0.3, 0.4) is 0 Å². The normalized spacial score (nSPS) is 16.6. The highest BCUT2D eigenvalue weighted by Gasteiger charge is 2.30. The Hall–Kier alpha value is -1.74. The van der Waals surface area contributed by atoms with E-state index in [1.807, 2.05) is 0 Å². The van der Waals surface area contributed by atoms with Crippen LogP contribution in [0, 0.1) is 12.3 Å². The third-order valence-electron chi connectivity index (χ3n) is 3.38. The third kappa shape index (κ3) is 4.42. The first-order valence-corrected chi connectivity index (χ1v) is 6.70. The van der Waals surface area contributed by atoms with Gasteiger partial charge in [0.05, 0.1) is 6.54 Å². The first-order valence-electron chi connectivity index (χ1n) is 6.70. The number of carboxylic acids is 1. The van der Waals surface area contributed by atoms with E-state index in [4.69, 9.17) is 11.5 Å². The summed E-state index contributed by atoms with van der Waals surface area (Å²) < 4.78 is 0. The fourth-order valence-corrected chi connectivity index (χ4v) is 2.23. The molecule has 0 atom stereocenters. The Labute approximate surface area is 120 Å². The average molecular weight is 281 g/mol. The summed E-state index contributed by atoms with van der Waals surface area (Å²) in [5.74, 6) is 1.28. The number of aliphatic carboxylic acids is 1. The highest BCUT2D eigenvalue weighted by Crippen LogP contribution is 2.16. The minimum atomic E-state index is -1.05. The second-order valence-electron chi connectivity index (χ2n) is 5.88. The minimum absolute atomic E-state index is 0.0185. The first-order chi connectivity index (χ1) is 9.25. The molecule has 1 aliphatic heterocycles. The summed E-state index contributed by atoms with van der Waals surface area (Å²) in [6.45, 7) is 8.83. The Morgan fingerprint density at radius 1 is 1.25 bits per heavy atom. The molecule has 0 bridgehead atoms. The van der Waals surface area contributed by atoms with Crippen LogP contribution in [0.2, 0.25) is 0 Å². The van der Waals surface area contributed by atoms with E-state index < -0.39 is 5.97 Å². The van der Waals surface area contributed by atoms with Crippen LogP contribution < -0.4 is 0 Å². The van der Waals surface area contributed by atoms with Gasteiger partial charge in [-0.1, -0.05) is 5.92 Å². The van der Waals surface area contributed by atoms with Crippen molar-refractivity contribution in [1.82, 2.24) is 14.7 Å². The fraction of sp³-hybridized carbons (Fsp3) is 0.714. The number of amides is 2. The number of carbonyl (C=O) groups is 2. The second kappa shape index (κ2) is 6.62. The lowest BCUT2D eigenvalue weighted by molar-refractivity contribution is -0.137. The van der Waals surface area contributed by atoms with Crippen molar-refractivity contribution in [2.75, 3.05) is 39.3 Å². The van der Waals surface area contributed by atoms with Gasteiger partial charge in [0.2, 0.25) is 0 Å². The largest absolute Gasteiger partial charge is 0.480 e. The SMILES string of the molecule is C#CCN(CC(=O)O)C(=O)N1CCN(C(C)(C)C)CC1. The molecule has 6 nitrogen and oxygen atoms in total. The summed E-state index contributed by atoms with van der Waals surface area (Å²) in [7, 11) is 0. The lowest BCUT2D eigenvalue weighted by atomic mass is 10.1. The molecule has 20 heavy (non-hydrogen) atoms. The molecule has 0 saturated carbocycles. The van der Waals surface area contributed by atoms with Crippen LogP contribution in [0.5, 0.6) is 0 Å². The highest BCUT2D eigenvalue weighted by molar-refractivity contribution is 5.80. The Balaban J connectivity index is 2.60. The maximum Gasteiger partial charge on any atom is 0.323 e. The number of carboxylic acid groups (broad SMARTS) is 1. The Kier molecular flexibility index (Phi) is 5.40. The van der Waals surface area contributed by atoms with Gasteiger partial charge in [-0.15, -0.1) is 6.42 Å². The third-order valence-corrected chi connectivity index (χ3v) is 3.38. The number of terminal acetylenes is 1. The lowest BCUT2D eigenvalue weighted by Gasteiger charge is -2.43. The van der Waals surface area contributed by atoms with Crippen LogP contribution in [-0.4, -0.2) is 76.6 Å². The van der Waals surface area contributed by atoms with Crippen molar-refractivity contribution in [2.24, 2.45) is 0 Å². The summed E-state index contributed by atoms with van der Waals surface area (Å²) in [5.41, 5.74) is 0.0781. The average Bonchev–Trinajstić information content (AvgIpc) is 2.36. The molecule has 0 aromatic heterocycles. The molecule has 1 saturated heterocycles. The molecule has 6 heteroatoms. The van der Waals surface area contributed by atoms with Gasteiger partial charge >= 0.3 is 12.0 Å². The molecule has 0 unspecified atom stereocenters. The zero-order chi connectivity index (χ0) is 15.3. The van der Waals surface area contributed by atoms with Crippen LogP contribution >= 0.6 is 0 Å². The summed E-state index contributed by atoms with van der Waals surface area (Å²) in [4.78, 5) is 28.2. The van der Waals surface area contributed by atoms with Gasteiger partial charge in [-0.05, 0) is 20.8 Å². The van der Waals surface area contributed by atoms with E-state index in [1.54, 1.807) is 4.90 Å². The number of urea groups is 1. The molecule has 1 N–H and O–H groups in total. The molecular formula is C14H23N3O3. The monoisotopic (exact) mass is 281 g/mol. The van der Waals surface area contributed by atoms with Gasteiger partial charge < -0.3 is 14.9 Å². The molecule has 1 rings (SSSR count). The fourth-order valence-electron chi connectivity index (χ4n) is 2.23. The topological polar surface area (TPSA) is 64.1 Å². The molecule has 0 aliphatic carbocycles. The van der Waals surface area contributed by atoms with Crippen LogP contribution in [0.4, 0.5) is 4.79 Å². The van der Waals surface area contributed by atoms with E-state index in [9.17, 15) is 9.59 Å². The zero-order valence-corrected chi connectivity index (χ0v) is 12.4. The van der Waals surface area contributed by atoms with Crippen molar-refractivity contribution in [3.63, 3.8) is 0 Å². The molecule has 0 spiro atoms. The predicted molar refractivity (Wildman–Crippen MR) is 76.3 cm³/mol. The van der Waals surface area contributed by atoms with E-state index in [2.05, 4.69) is 31.6 Å². The van der Waals surface area contributed by atoms with Crippen molar-refractivity contribution in [3.05, 3.63) is 0 Å². The quantitative estimate of drug-likeness (QED) is 0.767. The molecule has 0 aromatic rings. The smallest absolute Gasteiger partial charge is 0.323 e. The summed E-state index contributed by atoms with van der Waals surface area (Å²) in [6.07, 6.45) is 5.19. The number of hydrogen-bond donors (Lipinski definition) is 1. The molecule has 0 aromatic carbocycles. The summed E-state index contributed by atoms with van der Waals surface area (Å²) in [6, 6.07) is -0.293. The highest BCUT2D eigenvalue weighted by atomic mass is 16.4. The maximum absolute atomic E-state index is 12.3. The van der Waals surface area contributed by atoms with Gasteiger partial charge in [0.25, 0.3) is 0 Å². The molecule has 112 valence electrons. The van der Waals surface area contributed by atoms with E-state index >= 15 is 0 Å².